The molecule has 1 saturated carbocycles. The molecule has 0 radical (unpaired) electrons. The highest BCUT2D eigenvalue weighted by molar-refractivity contribution is 6.03. The number of likely N-dealkylation sites (N-methyl/N-ethyl adjacent to an activating group) is 1. The number of hydrogen-bond acceptors (Lipinski definition) is 7. The monoisotopic (exact) mass is 423 g/mol. The molecular formula is C19H20F3N5O3. The number of nitrogens with one attached hydrogen (secondary N) is 2. The van der Waals surface area contributed by atoms with E-state index in [2.05, 4.69) is 20.6 Å². The van der Waals surface area contributed by atoms with Gasteiger partial charge in [-0.3, -0.25) is 4.79 Å². The van der Waals surface area contributed by atoms with Crippen LogP contribution in [0.1, 0.15) is 18.5 Å². The SMILES string of the molecule is Cc1nc(NC2CC(Oc3cc(F)c(F)c(F)c3)C2)nc2c1NC(=O)[C@H](CO)N2C. The van der Waals surface area contributed by atoms with Crippen LogP contribution in [0.3, 0.4) is 0 Å². The maximum Gasteiger partial charge on any atom is 0.249 e. The Hall–Kier alpha value is -3.08. The molecule has 0 saturated heterocycles. The van der Waals surface area contributed by atoms with Crippen LogP contribution in [-0.4, -0.2) is 52.8 Å². The van der Waals surface area contributed by atoms with Gasteiger partial charge in [0.15, 0.2) is 23.3 Å². The van der Waals surface area contributed by atoms with E-state index in [1.165, 1.54) is 0 Å². The zero-order valence-electron chi connectivity index (χ0n) is 16.2. The summed E-state index contributed by atoms with van der Waals surface area (Å²) in [6, 6.07) is 0.866. The molecule has 1 aliphatic carbocycles. The van der Waals surface area contributed by atoms with Crippen LogP contribution in [0, 0.1) is 24.4 Å². The number of aryl methyl sites for hydroxylation is 1. The molecule has 2 aromatic rings. The summed E-state index contributed by atoms with van der Waals surface area (Å²) in [5.74, 6) is -3.67. The van der Waals surface area contributed by atoms with Crippen LogP contribution in [0.15, 0.2) is 12.1 Å². The molecule has 1 atom stereocenters. The second kappa shape index (κ2) is 7.63. The minimum atomic E-state index is -1.53. The lowest BCUT2D eigenvalue weighted by molar-refractivity contribution is -0.118. The van der Waals surface area contributed by atoms with Gasteiger partial charge < -0.3 is 25.4 Å². The molecule has 2 heterocycles. The van der Waals surface area contributed by atoms with Gasteiger partial charge in [0.05, 0.1) is 12.3 Å². The van der Waals surface area contributed by atoms with E-state index in [1.807, 2.05) is 0 Å². The summed E-state index contributed by atoms with van der Waals surface area (Å²) in [4.78, 5) is 22.5. The summed E-state index contributed by atoms with van der Waals surface area (Å²) >= 11 is 0. The van der Waals surface area contributed by atoms with E-state index in [0.29, 0.717) is 36.0 Å². The second-order valence-electron chi connectivity index (χ2n) is 7.38. The fraction of sp³-hybridized carbons (Fsp3) is 0.421. The zero-order chi connectivity index (χ0) is 21.6. The number of aromatic nitrogens is 2. The topological polar surface area (TPSA) is 99.6 Å². The second-order valence-corrected chi connectivity index (χ2v) is 7.38. The van der Waals surface area contributed by atoms with E-state index in [9.17, 15) is 23.1 Å². The van der Waals surface area contributed by atoms with Gasteiger partial charge in [0.25, 0.3) is 0 Å². The van der Waals surface area contributed by atoms with Crippen molar-refractivity contribution in [2.75, 3.05) is 29.2 Å². The first-order valence-corrected chi connectivity index (χ1v) is 9.37. The van der Waals surface area contributed by atoms with Crippen LogP contribution in [0.2, 0.25) is 0 Å². The lowest BCUT2D eigenvalue weighted by atomic mass is 9.89. The number of carbonyl (C=O) groups is 1. The molecule has 4 rings (SSSR count). The third-order valence-electron chi connectivity index (χ3n) is 5.28. The summed E-state index contributed by atoms with van der Waals surface area (Å²) in [5, 5.41) is 15.3. The van der Waals surface area contributed by atoms with Gasteiger partial charge >= 0.3 is 0 Å². The van der Waals surface area contributed by atoms with Gasteiger partial charge in [0, 0.05) is 38.1 Å². The number of fused-ring (bicyclic) bond motifs is 1. The fourth-order valence-electron chi connectivity index (χ4n) is 3.51. The smallest absolute Gasteiger partial charge is 0.249 e. The molecule has 1 fully saturated rings. The van der Waals surface area contributed by atoms with Gasteiger partial charge in [-0.05, 0) is 6.92 Å². The van der Waals surface area contributed by atoms with Gasteiger partial charge in [-0.15, -0.1) is 0 Å². The Balaban J connectivity index is 1.40. The number of hydrogen-bond donors (Lipinski definition) is 3. The third-order valence-corrected chi connectivity index (χ3v) is 5.28. The largest absolute Gasteiger partial charge is 0.490 e. The van der Waals surface area contributed by atoms with E-state index in [4.69, 9.17) is 4.74 Å². The Bertz CT molecular complexity index is 977. The molecule has 160 valence electrons. The summed E-state index contributed by atoms with van der Waals surface area (Å²) in [5.41, 5.74) is 1.07. The minimum absolute atomic E-state index is 0.0280. The molecule has 8 nitrogen and oxygen atoms in total. The van der Waals surface area contributed by atoms with Crippen molar-refractivity contribution in [2.45, 2.75) is 38.0 Å². The van der Waals surface area contributed by atoms with Crippen molar-refractivity contribution in [3.05, 3.63) is 35.3 Å². The van der Waals surface area contributed by atoms with E-state index < -0.39 is 23.5 Å². The average Bonchev–Trinajstić information content (AvgIpc) is 2.65. The first-order chi connectivity index (χ1) is 14.3. The van der Waals surface area contributed by atoms with Crippen molar-refractivity contribution in [3.63, 3.8) is 0 Å². The van der Waals surface area contributed by atoms with Crippen molar-refractivity contribution in [3.8, 4) is 5.75 Å². The number of aliphatic hydroxyl groups is 1. The average molecular weight is 423 g/mol. The van der Waals surface area contributed by atoms with Crippen LogP contribution in [0.25, 0.3) is 0 Å². The molecule has 1 amide bonds. The number of carbonyl (C=O) groups excluding carboxylic acids is 1. The molecule has 2 aliphatic rings. The highest BCUT2D eigenvalue weighted by atomic mass is 19.2. The maximum atomic E-state index is 13.3. The molecular weight excluding hydrogens is 403 g/mol. The molecule has 1 aliphatic heterocycles. The fourth-order valence-corrected chi connectivity index (χ4v) is 3.51. The number of ether oxygens (including phenoxy) is 1. The Kier molecular flexibility index (Phi) is 5.14. The van der Waals surface area contributed by atoms with Crippen molar-refractivity contribution < 1.29 is 27.8 Å². The number of aliphatic hydroxyl groups excluding tert-OH is 1. The van der Waals surface area contributed by atoms with Crippen LogP contribution >= 0.6 is 0 Å². The van der Waals surface area contributed by atoms with Crippen LogP contribution in [-0.2, 0) is 4.79 Å². The Morgan fingerprint density at radius 2 is 1.93 bits per heavy atom. The van der Waals surface area contributed by atoms with Gasteiger partial charge in [0.1, 0.15) is 23.6 Å². The molecule has 0 bridgehead atoms. The van der Waals surface area contributed by atoms with E-state index in [-0.39, 0.29) is 30.4 Å². The normalized spacial score (nSPS) is 22.8. The highest BCUT2D eigenvalue weighted by Crippen LogP contribution is 2.34. The first-order valence-electron chi connectivity index (χ1n) is 9.37. The van der Waals surface area contributed by atoms with Crippen LogP contribution < -0.4 is 20.3 Å². The van der Waals surface area contributed by atoms with Crippen LogP contribution in [0.4, 0.5) is 30.6 Å². The van der Waals surface area contributed by atoms with Gasteiger partial charge in [-0.1, -0.05) is 0 Å². The minimum Gasteiger partial charge on any atom is -0.490 e. The third kappa shape index (κ3) is 3.60. The molecule has 11 heteroatoms. The number of rotatable bonds is 5. The number of halogens is 3. The summed E-state index contributed by atoms with van der Waals surface area (Å²) in [7, 11) is 1.67. The molecule has 0 unspecified atom stereocenters. The molecule has 1 aromatic heterocycles. The highest BCUT2D eigenvalue weighted by Gasteiger charge is 2.35. The quantitative estimate of drug-likeness (QED) is 0.633. The first kappa shape index (κ1) is 20.2. The number of amides is 1. The zero-order valence-corrected chi connectivity index (χ0v) is 16.2. The number of nitrogens with zero attached hydrogens (tertiary/aromatic N) is 3. The van der Waals surface area contributed by atoms with Crippen molar-refractivity contribution in [1.82, 2.24) is 9.97 Å². The van der Waals surface area contributed by atoms with Crippen molar-refractivity contribution in [1.29, 1.82) is 0 Å². The number of benzene rings is 1. The Morgan fingerprint density at radius 3 is 2.57 bits per heavy atom. The molecule has 3 N–H and O–H groups in total. The standard InChI is InChI=1S/C19H20F3N5O3/c1-8-16-17(27(2)14(7-28)18(29)25-16)26-19(23-8)24-9-3-10(4-9)30-11-5-12(20)15(22)13(21)6-11/h5-6,9-10,14,28H,3-4,7H2,1-2H3,(H,25,29)(H,23,24,26)/t9?,10?,14-/m0/s1. The Labute approximate surface area is 170 Å². The molecule has 1 aromatic carbocycles. The van der Waals surface area contributed by atoms with Crippen molar-refractivity contribution in [2.24, 2.45) is 0 Å². The molecule has 30 heavy (non-hydrogen) atoms. The predicted molar refractivity (Wildman–Crippen MR) is 102 cm³/mol. The summed E-state index contributed by atoms with van der Waals surface area (Å²) in [6.45, 7) is 1.39. The maximum absolute atomic E-state index is 13.3. The van der Waals surface area contributed by atoms with Gasteiger partial charge in [-0.25, -0.2) is 18.2 Å². The Morgan fingerprint density at radius 1 is 1.27 bits per heavy atom. The summed E-state index contributed by atoms with van der Waals surface area (Å²) in [6.07, 6.45) is 0.781. The van der Waals surface area contributed by atoms with E-state index in [1.54, 1.807) is 18.9 Å². The van der Waals surface area contributed by atoms with Crippen molar-refractivity contribution >= 4 is 23.4 Å². The lowest BCUT2D eigenvalue weighted by Crippen LogP contribution is -2.49. The van der Waals surface area contributed by atoms with Gasteiger partial charge in [0.2, 0.25) is 11.9 Å². The summed E-state index contributed by atoms with van der Waals surface area (Å²) < 4.78 is 45.1. The lowest BCUT2D eigenvalue weighted by Gasteiger charge is -2.37. The number of anilines is 3. The van der Waals surface area contributed by atoms with Gasteiger partial charge in [-0.2, -0.15) is 4.98 Å². The molecule has 0 spiro atoms. The van der Waals surface area contributed by atoms with E-state index in [0.717, 1.165) is 12.1 Å². The predicted octanol–water partition coefficient (Wildman–Crippen LogP) is 1.97. The van der Waals surface area contributed by atoms with Crippen LogP contribution in [0.5, 0.6) is 5.75 Å². The van der Waals surface area contributed by atoms with E-state index >= 15 is 0 Å².